The Morgan fingerprint density at radius 3 is 2.19 bits per heavy atom. The third kappa shape index (κ3) is 2.77. The lowest BCUT2D eigenvalue weighted by Gasteiger charge is -2.12. The van der Waals surface area contributed by atoms with Crippen molar-refractivity contribution in [3.63, 3.8) is 0 Å². The first kappa shape index (κ1) is 16.6. The van der Waals surface area contributed by atoms with Crippen molar-refractivity contribution in [1.29, 1.82) is 0 Å². The summed E-state index contributed by atoms with van der Waals surface area (Å²) in [5, 5.41) is 3.22. The predicted molar refractivity (Wildman–Crippen MR) is 119 cm³/mol. The number of aromatic nitrogens is 1. The van der Waals surface area contributed by atoms with Gasteiger partial charge in [-0.3, -0.25) is 0 Å². The van der Waals surface area contributed by atoms with E-state index < -0.39 is 0 Å². The largest absolute Gasteiger partial charge is 0.309 e. The zero-order valence-electron chi connectivity index (χ0n) is 14.4. The summed E-state index contributed by atoms with van der Waals surface area (Å²) in [6, 6.07) is 31.5. The van der Waals surface area contributed by atoms with Gasteiger partial charge in [0.25, 0.3) is 0 Å². The highest BCUT2D eigenvalue weighted by atomic mass is 79.9. The van der Waals surface area contributed by atoms with Crippen LogP contribution < -0.4 is 0 Å². The highest BCUT2D eigenvalue weighted by Crippen LogP contribution is 2.40. The number of hydrogen-bond donors (Lipinski definition) is 0. The Kier molecular flexibility index (Phi) is 4.04. The van der Waals surface area contributed by atoms with Crippen LogP contribution in [0.2, 0.25) is 5.02 Å². The summed E-state index contributed by atoms with van der Waals surface area (Å²) in [4.78, 5) is 0. The number of fused-ring (bicyclic) bond motifs is 3. The maximum atomic E-state index is 6.13. The maximum absolute atomic E-state index is 6.13. The molecule has 1 nitrogen and oxygen atoms in total. The Labute approximate surface area is 170 Å². The molecule has 0 unspecified atom stereocenters. The van der Waals surface area contributed by atoms with E-state index in [9.17, 15) is 0 Å². The van der Waals surface area contributed by atoms with Crippen LogP contribution in [-0.2, 0) is 0 Å². The van der Waals surface area contributed by atoms with Gasteiger partial charge in [-0.2, -0.15) is 0 Å². The van der Waals surface area contributed by atoms with Crippen molar-refractivity contribution < 1.29 is 0 Å². The average Bonchev–Trinajstić information content (AvgIpc) is 3.03. The van der Waals surface area contributed by atoms with Gasteiger partial charge in [0.15, 0.2) is 0 Å². The van der Waals surface area contributed by atoms with Crippen LogP contribution in [-0.4, -0.2) is 4.57 Å². The Hall–Kier alpha value is -2.55. The molecule has 3 heteroatoms. The molecular formula is C24H15BrClN. The zero-order chi connectivity index (χ0) is 18.4. The predicted octanol–water partition coefficient (Wildman–Crippen LogP) is 7.87. The van der Waals surface area contributed by atoms with Crippen LogP contribution in [0.15, 0.2) is 95.5 Å². The van der Waals surface area contributed by atoms with E-state index in [1.807, 2.05) is 18.2 Å². The first-order valence-corrected chi connectivity index (χ1v) is 9.93. The quantitative estimate of drug-likeness (QED) is 0.267. The highest BCUT2D eigenvalue weighted by molar-refractivity contribution is 9.10. The first-order chi connectivity index (χ1) is 13.2. The third-order valence-corrected chi connectivity index (χ3v) is 5.61. The molecule has 130 valence electrons. The summed E-state index contributed by atoms with van der Waals surface area (Å²) >= 11 is 9.84. The van der Waals surface area contributed by atoms with E-state index >= 15 is 0 Å². The monoisotopic (exact) mass is 431 g/mol. The van der Waals surface area contributed by atoms with Gasteiger partial charge in [0.2, 0.25) is 0 Å². The van der Waals surface area contributed by atoms with E-state index in [0.29, 0.717) is 0 Å². The van der Waals surface area contributed by atoms with E-state index in [1.54, 1.807) is 0 Å². The molecule has 0 saturated carbocycles. The Balaban J connectivity index is 1.98. The molecule has 1 heterocycles. The molecule has 5 aromatic rings. The lowest BCUT2D eigenvalue weighted by Crippen LogP contribution is -1.95. The molecule has 0 aliphatic rings. The van der Waals surface area contributed by atoms with Gasteiger partial charge in [-0.15, -0.1) is 0 Å². The van der Waals surface area contributed by atoms with Crippen LogP contribution in [0.4, 0.5) is 0 Å². The lowest BCUT2D eigenvalue weighted by atomic mass is 10.0. The maximum Gasteiger partial charge on any atom is 0.0620 e. The van der Waals surface area contributed by atoms with Gasteiger partial charge in [0.1, 0.15) is 0 Å². The molecule has 0 fully saturated rings. The fourth-order valence-electron chi connectivity index (χ4n) is 3.76. The van der Waals surface area contributed by atoms with Crippen LogP contribution in [0.5, 0.6) is 0 Å². The van der Waals surface area contributed by atoms with Crippen LogP contribution in [0, 0.1) is 0 Å². The van der Waals surface area contributed by atoms with Crippen molar-refractivity contribution in [2.75, 3.05) is 0 Å². The summed E-state index contributed by atoms with van der Waals surface area (Å²) in [6.07, 6.45) is 0. The second-order valence-corrected chi connectivity index (χ2v) is 7.90. The van der Waals surface area contributed by atoms with Crippen molar-refractivity contribution in [3.8, 4) is 16.8 Å². The Bertz CT molecular complexity index is 1270. The Morgan fingerprint density at radius 1 is 0.704 bits per heavy atom. The molecule has 0 amide bonds. The second-order valence-electron chi connectivity index (χ2n) is 6.54. The smallest absolute Gasteiger partial charge is 0.0620 e. The minimum absolute atomic E-state index is 0.744. The molecule has 0 aliphatic heterocycles. The number of benzene rings is 4. The van der Waals surface area contributed by atoms with Crippen LogP contribution in [0.3, 0.4) is 0 Å². The van der Waals surface area contributed by atoms with Crippen molar-refractivity contribution in [2.24, 2.45) is 0 Å². The number of halogens is 2. The molecule has 0 N–H and O–H groups in total. The van der Waals surface area contributed by atoms with Crippen molar-refractivity contribution >= 4 is 49.3 Å². The van der Waals surface area contributed by atoms with Crippen LogP contribution in [0.25, 0.3) is 38.6 Å². The van der Waals surface area contributed by atoms with E-state index in [2.05, 4.69) is 93.3 Å². The summed E-state index contributed by atoms with van der Waals surface area (Å²) in [7, 11) is 0. The fourth-order valence-corrected chi connectivity index (χ4v) is 4.34. The molecule has 0 saturated heterocycles. The molecule has 5 rings (SSSR count). The molecule has 0 aliphatic carbocycles. The van der Waals surface area contributed by atoms with Crippen LogP contribution in [0.1, 0.15) is 0 Å². The van der Waals surface area contributed by atoms with Crippen LogP contribution >= 0.6 is 27.5 Å². The van der Waals surface area contributed by atoms with Gasteiger partial charge in [0, 0.05) is 31.5 Å². The van der Waals surface area contributed by atoms with Gasteiger partial charge in [-0.05, 0) is 48.0 Å². The molecule has 0 atom stereocenters. The molecule has 0 bridgehead atoms. The van der Waals surface area contributed by atoms with Gasteiger partial charge in [-0.25, -0.2) is 0 Å². The van der Waals surface area contributed by atoms with Gasteiger partial charge >= 0.3 is 0 Å². The SMILES string of the molecule is Clc1ccc(-c2cc(Br)cc3c4ccccc4n(-c4ccccc4)c23)cc1. The molecule has 1 aromatic heterocycles. The fraction of sp³-hybridized carbons (Fsp3) is 0. The minimum atomic E-state index is 0.744. The normalized spacial score (nSPS) is 11.3. The molecular weight excluding hydrogens is 418 g/mol. The van der Waals surface area contributed by atoms with Gasteiger partial charge in [-0.1, -0.05) is 76.1 Å². The number of hydrogen-bond acceptors (Lipinski definition) is 0. The van der Waals surface area contributed by atoms with E-state index in [4.69, 9.17) is 11.6 Å². The summed E-state index contributed by atoms with van der Waals surface area (Å²) in [6.45, 7) is 0. The number of nitrogens with zero attached hydrogens (tertiary/aromatic N) is 1. The van der Waals surface area contributed by atoms with E-state index in [0.717, 1.165) is 20.7 Å². The topological polar surface area (TPSA) is 4.93 Å². The number of rotatable bonds is 2. The Morgan fingerprint density at radius 2 is 1.41 bits per heavy atom. The zero-order valence-corrected chi connectivity index (χ0v) is 16.7. The molecule has 27 heavy (non-hydrogen) atoms. The number of para-hydroxylation sites is 2. The van der Waals surface area contributed by atoms with Gasteiger partial charge in [0.05, 0.1) is 11.0 Å². The second kappa shape index (κ2) is 6.56. The molecule has 0 radical (unpaired) electrons. The van der Waals surface area contributed by atoms with E-state index in [-0.39, 0.29) is 0 Å². The van der Waals surface area contributed by atoms with E-state index in [1.165, 1.54) is 27.4 Å². The van der Waals surface area contributed by atoms with Gasteiger partial charge < -0.3 is 4.57 Å². The highest BCUT2D eigenvalue weighted by Gasteiger charge is 2.17. The summed E-state index contributed by atoms with van der Waals surface area (Å²) in [5.41, 5.74) is 5.88. The molecule has 0 spiro atoms. The lowest BCUT2D eigenvalue weighted by molar-refractivity contribution is 1.18. The van der Waals surface area contributed by atoms with Crippen molar-refractivity contribution in [3.05, 3.63) is 100 Å². The summed E-state index contributed by atoms with van der Waals surface area (Å²) < 4.78 is 3.41. The van der Waals surface area contributed by atoms with Crippen molar-refractivity contribution in [2.45, 2.75) is 0 Å². The van der Waals surface area contributed by atoms with Crippen molar-refractivity contribution in [1.82, 2.24) is 4.57 Å². The standard InChI is InChI=1S/C24H15BrClN/c25-17-14-21(16-10-12-18(26)13-11-16)24-22(15-17)20-8-4-5-9-23(20)27(24)19-6-2-1-3-7-19/h1-15H. The minimum Gasteiger partial charge on any atom is -0.309 e. The first-order valence-electron chi connectivity index (χ1n) is 8.76. The summed E-state index contributed by atoms with van der Waals surface area (Å²) in [5.74, 6) is 0. The molecule has 4 aromatic carbocycles. The third-order valence-electron chi connectivity index (χ3n) is 4.90. The average molecular weight is 433 g/mol.